The van der Waals surface area contributed by atoms with Gasteiger partial charge in [0.25, 0.3) is 6.43 Å². The summed E-state index contributed by atoms with van der Waals surface area (Å²) in [6, 6.07) is 1.96. The van der Waals surface area contributed by atoms with Gasteiger partial charge >= 0.3 is 0 Å². The van der Waals surface area contributed by atoms with Gasteiger partial charge in [0.15, 0.2) is 0 Å². The van der Waals surface area contributed by atoms with Gasteiger partial charge < -0.3 is 5.32 Å². The second-order valence-corrected chi connectivity index (χ2v) is 4.20. The van der Waals surface area contributed by atoms with E-state index in [1.165, 1.54) is 4.68 Å². The molecule has 0 aliphatic heterocycles. The van der Waals surface area contributed by atoms with Gasteiger partial charge in [0.2, 0.25) is 0 Å². The molecule has 0 atom stereocenters. The highest BCUT2D eigenvalue weighted by molar-refractivity contribution is 5.05. The maximum atomic E-state index is 12.2. The smallest absolute Gasteiger partial charge is 0.257 e. The first-order valence-electron chi connectivity index (χ1n) is 6.20. The molecule has 0 aliphatic rings. The summed E-state index contributed by atoms with van der Waals surface area (Å²) in [6.45, 7) is 3.79. The van der Waals surface area contributed by atoms with E-state index < -0.39 is 6.43 Å². The number of aryl methyl sites for hydroxylation is 1. The summed E-state index contributed by atoms with van der Waals surface area (Å²) < 4.78 is 27.5. The molecule has 0 fully saturated rings. The van der Waals surface area contributed by atoms with E-state index >= 15 is 0 Å². The van der Waals surface area contributed by atoms with E-state index in [9.17, 15) is 8.78 Å². The Bertz CT molecular complexity index is 506. The summed E-state index contributed by atoms with van der Waals surface area (Å²) in [6.07, 6.45) is 2.63. The highest BCUT2D eigenvalue weighted by atomic mass is 19.3. The van der Waals surface area contributed by atoms with Crippen LogP contribution in [0.1, 0.15) is 18.2 Å². The van der Waals surface area contributed by atoms with Crippen LogP contribution in [0, 0.1) is 0 Å². The molecule has 104 valence electrons. The number of hydrogen-bond donors (Lipinski definition) is 1. The number of rotatable bonds is 7. The molecule has 2 heterocycles. The van der Waals surface area contributed by atoms with E-state index in [-0.39, 0.29) is 6.54 Å². The van der Waals surface area contributed by atoms with Crippen molar-refractivity contribution >= 4 is 0 Å². The van der Waals surface area contributed by atoms with Crippen molar-refractivity contribution in [1.82, 2.24) is 24.9 Å². The lowest BCUT2D eigenvalue weighted by molar-refractivity contribution is 0.122. The van der Waals surface area contributed by atoms with Gasteiger partial charge in [-0.2, -0.15) is 10.2 Å². The standard InChI is InChI=1S/C12H17F2N5/c1-2-19-11(3-4-16-19)7-15-5-10-6-17-18(8-10)9-12(13)14/h3-4,6,8,12,15H,2,5,7,9H2,1H3. The lowest BCUT2D eigenvalue weighted by atomic mass is 10.3. The van der Waals surface area contributed by atoms with Gasteiger partial charge in [-0.15, -0.1) is 0 Å². The minimum atomic E-state index is -2.38. The Kier molecular flexibility index (Phi) is 4.62. The van der Waals surface area contributed by atoms with E-state index in [0.717, 1.165) is 17.8 Å². The molecule has 0 amide bonds. The van der Waals surface area contributed by atoms with Crippen molar-refractivity contribution in [3.8, 4) is 0 Å². The predicted octanol–water partition coefficient (Wildman–Crippen LogP) is 1.65. The minimum absolute atomic E-state index is 0.359. The minimum Gasteiger partial charge on any atom is -0.307 e. The number of alkyl halides is 2. The zero-order valence-electron chi connectivity index (χ0n) is 10.8. The molecule has 0 aromatic carbocycles. The maximum Gasteiger partial charge on any atom is 0.257 e. The Morgan fingerprint density at radius 3 is 2.89 bits per heavy atom. The Hall–Kier alpha value is -1.76. The molecule has 0 radical (unpaired) electrons. The van der Waals surface area contributed by atoms with Gasteiger partial charge in [0.05, 0.1) is 11.9 Å². The normalized spacial score (nSPS) is 11.4. The quantitative estimate of drug-likeness (QED) is 0.831. The van der Waals surface area contributed by atoms with E-state index in [4.69, 9.17) is 0 Å². The monoisotopic (exact) mass is 269 g/mol. The fraction of sp³-hybridized carbons (Fsp3) is 0.500. The van der Waals surface area contributed by atoms with E-state index in [1.54, 1.807) is 18.6 Å². The lowest BCUT2D eigenvalue weighted by Gasteiger charge is -2.05. The average molecular weight is 269 g/mol. The molecule has 0 spiro atoms. The fourth-order valence-corrected chi connectivity index (χ4v) is 1.87. The average Bonchev–Trinajstić information content (AvgIpc) is 2.98. The summed E-state index contributed by atoms with van der Waals surface area (Å²) in [5.74, 6) is 0. The molecule has 0 aliphatic carbocycles. The number of halogens is 2. The van der Waals surface area contributed by atoms with Crippen molar-refractivity contribution < 1.29 is 8.78 Å². The Morgan fingerprint density at radius 1 is 1.32 bits per heavy atom. The number of nitrogens with zero attached hydrogens (tertiary/aromatic N) is 4. The SMILES string of the molecule is CCn1nccc1CNCc1cnn(CC(F)F)c1. The van der Waals surface area contributed by atoms with E-state index in [1.807, 2.05) is 17.7 Å². The van der Waals surface area contributed by atoms with Crippen LogP contribution in [0.5, 0.6) is 0 Å². The van der Waals surface area contributed by atoms with Crippen molar-refractivity contribution in [3.05, 3.63) is 35.9 Å². The molecular weight excluding hydrogens is 252 g/mol. The Morgan fingerprint density at radius 2 is 2.16 bits per heavy atom. The fourth-order valence-electron chi connectivity index (χ4n) is 1.87. The first kappa shape index (κ1) is 13.7. The van der Waals surface area contributed by atoms with E-state index in [0.29, 0.717) is 13.1 Å². The zero-order chi connectivity index (χ0) is 13.7. The molecule has 7 heteroatoms. The molecular formula is C12H17F2N5. The van der Waals surface area contributed by atoms with Crippen LogP contribution in [-0.2, 0) is 26.2 Å². The van der Waals surface area contributed by atoms with Crippen molar-refractivity contribution in [2.45, 2.75) is 39.5 Å². The highest BCUT2D eigenvalue weighted by Crippen LogP contribution is 2.03. The summed E-state index contributed by atoms with van der Waals surface area (Å²) in [4.78, 5) is 0. The third-order valence-electron chi connectivity index (χ3n) is 2.75. The molecule has 19 heavy (non-hydrogen) atoms. The molecule has 2 rings (SSSR count). The summed E-state index contributed by atoms with van der Waals surface area (Å²) in [7, 11) is 0. The highest BCUT2D eigenvalue weighted by Gasteiger charge is 2.06. The molecule has 2 aromatic rings. The predicted molar refractivity (Wildman–Crippen MR) is 66.7 cm³/mol. The van der Waals surface area contributed by atoms with Gasteiger partial charge in [0.1, 0.15) is 6.54 Å². The zero-order valence-corrected chi connectivity index (χ0v) is 10.8. The van der Waals surface area contributed by atoms with Crippen molar-refractivity contribution in [1.29, 1.82) is 0 Å². The summed E-state index contributed by atoms with van der Waals surface area (Å²) in [5, 5.41) is 11.3. The lowest BCUT2D eigenvalue weighted by Crippen LogP contribution is -2.16. The Labute approximate surface area is 110 Å². The number of aromatic nitrogens is 4. The third kappa shape index (κ3) is 3.85. The van der Waals surface area contributed by atoms with Crippen LogP contribution in [0.4, 0.5) is 8.78 Å². The van der Waals surface area contributed by atoms with Crippen molar-refractivity contribution in [2.75, 3.05) is 0 Å². The van der Waals surface area contributed by atoms with Crippen LogP contribution in [0.25, 0.3) is 0 Å². The second kappa shape index (κ2) is 6.42. The molecule has 0 unspecified atom stereocenters. The topological polar surface area (TPSA) is 47.7 Å². The van der Waals surface area contributed by atoms with Gasteiger partial charge in [-0.3, -0.25) is 9.36 Å². The largest absolute Gasteiger partial charge is 0.307 e. The second-order valence-electron chi connectivity index (χ2n) is 4.20. The molecule has 0 saturated heterocycles. The van der Waals surface area contributed by atoms with Gasteiger partial charge in [-0.25, -0.2) is 8.78 Å². The van der Waals surface area contributed by atoms with Crippen molar-refractivity contribution in [3.63, 3.8) is 0 Å². The molecule has 0 bridgehead atoms. The van der Waals surface area contributed by atoms with Crippen LogP contribution in [-0.4, -0.2) is 26.0 Å². The summed E-state index contributed by atoms with van der Waals surface area (Å²) >= 11 is 0. The third-order valence-corrected chi connectivity index (χ3v) is 2.75. The molecule has 0 saturated carbocycles. The van der Waals surface area contributed by atoms with Gasteiger partial charge in [-0.05, 0) is 13.0 Å². The van der Waals surface area contributed by atoms with Crippen LogP contribution in [0.2, 0.25) is 0 Å². The first-order chi connectivity index (χ1) is 9.19. The molecule has 2 aromatic heterocycles. The van der Waals surface area contributed by atoms with Crippen LogP contribution in [0.3, 0.4) is 0 Å². The number of hydrogen-bond acceptors (Lipinski definition) is 3. The molecule has 1 N–H and O–H groups in total. The van der Waals surface area contributed by atoms with Gasteiger partial charge in [0, 0.05) is 37.6 Å². The van der Waals surface area contributed by atoms with Gasteiger partial charge in [-0.1, -0.05) is 0 Å². The Balaban J connectivity index is 1.81. The van der Waals surface area contributed by atoms with Crippen LogP contribution >= 0.6 is 0 Å². The van der Waals surface area contributed by atoms with Crippen LogP contribution < -0.4 is 5.32 Å². The van der Waals surface area contributed by atoms with Crippen molar-refractivity contribution in [2.24, 2.45) is 0 Å². The summed E-state index contributed by atoms with van der Waals surface area (Å²) in [5.41, 5.74) is 1.99. The number of nitrogens with one attached hydrogen (secondary N) is 1. The maximum absolute atomic E-state index is 12.2. The first-order valence-corrected chi connectivity index (χ1v) is 6.20. The van der Waals surface area contributed by atoms with E-state index in [2.05, 4.69) is 15.5 Å². The molecule has 5 nitrogen and oxygen atoms in total. The van der Waals surface area contributed by atoms with Crippen LogP contribution in [0.15, 0.2) is 24.7 Å².